The minimum Gasteiger partial charge on any atom is -0.321 e. The number of nitrogens with one attached hydrogen (secondary N) is 1. The minimum atomic E-state index is -0.666. The van der Waals surface area contributed by atoms with Crippen molar-refractivity contribution in [1.82, 2.24) is 0 Å². The molecule has 1 aliphatic rings. The van der Waals surface area contributed by atoms with Gasteiger partial charge in [-0.15, -0.1) is 0 Å². The van der Waals surface area contributed by atoms with Gasteiger partial charge in [-0.2, -0.15) is 5.26 Å². The van der Waals surface area contributed by atoms with E-state index >= 15 is 0 Å². The number of hydrogen-bond donors (Lipinski definition) is 1. The molecule has 3 aromatic carbocycles. The predicted molar refractivity (Wildman–Crippen MR) is 135 cm³/mol. The van der Waals surface area contributed by atoms with Crippen LogP contribution in [0.3, 0.4) is 0 Å². The molecule has 0 saturated carbocycles. The standard InChI is InChI=1S/C26H20N4O4S/c1-17-10-12-20(13-11-17)29-25(32)23(15-18-6-5-9-21(14-18)30(33)34)35-26(29)22(16-27)24(31)28-19-7-3-2-4-8-19/h2-14,23H,15H2,1H3,(H,28,31)/b26-22-/t23-/m1/s1. The number of non-ortho nitro benzene ring substituents is 1. The number of carbonyl (C=O) groups excluding carboxylic acids is 2. The number of carbonyl (C=O) groups is 2. The van der Waals surface area contributed by atoms with Gasteiger partial charge in [0.1, 0.15) is 16.7 Å². The molecule has 0 unspecified atom stereocenters. The number of nitro benzene ring substituents is 1. The molecule has 1 heterocycles. The second-order valence-corrected chi connectivity index (χ2v) is 9.05. The Bertz CT molecular complexity index is 1360. The van der Waals surface area contributed by atoms with Gasteiger partial charge in [0.05, 0.1) is 10.2 Å². The van der Waals surface area contributed by atoms with Gasteiger partial charge in [-0.1, -0.05) is 59.8 Å². The Labute approximate surface area is 206 Å². The molecule has 0 spiro atoms. The molecule has 1 aliphatic heterocycles. The highest BCUT2D eigenvalue weighted by molar-refractivity contribution is 8.05. The number of nitriles is 1. The summed E-state index contributed by atoms with van der Waals surface area (Å²) in [6.45, 7) is 1.92. The smallest absolute Gasteiger partial charge is 0.269 e. The van der Waals surface area contributed by atoms with E-state index in [1.165, 1.54) is 17.0 Å². The molecule has 0 bridgehead atoms. The second-order valence-electron chi connectivity index (χ2n) is 7.86. The summed E-state index contributed by atoms with van der Waals surface area (Å²) < 4.78 is 0. The van der Waals surface area contributed by atoms with E-state index < -0.39 is 16.1 Å². The fourth-order valence-corrected chi connectivity index (χ4v) is 4.95. The summed E-state index contributed by atoms with van der Waals surface area (Å²) in [6.07, 6.45) is 0.204. The first-order valence-corrected chi connectivity index (χ1v) is 11.6. The number of anilines is 2. The molecule has 8 nitrogen and oxygen atoms in total. The molecule has 35 heavy (non-hydrogen) atoms. The van der Waals surface area contributed by atoms with Crippen LogP contribution in [0.1, 0.15) is 11.1 Å². The summed E-state index contributed by atoms with van der Waals surface area (Å²) in [5.74, 6) is -0.928. The predicted octanol–water partition coefficient (Wildman–Crippen LogP) is 4.97. The van der Waals surface area contributed by atoms with Crippen molar-refractivity contribution in [1.29, 1.82) is 5.26 Å². The van der Waals surface area contributed by atoms with Crippen LogP contribution in [-0.4, -0.2) is 22.0 Å². The molecule has 0 aliphatic carbocycles. The Hall–Kier alpha value is -4.42. The normalized spacial score (nSPS) is 16.5. The highest BCUT2D eigenvalue weighted by Crippen LogP contribution is 2.42. The van der Waals surface area contributed by atoms with Gasteiger partial charge in [-0.3, -0.25) is 24.6 Å². The molecule has 9 heteroatoms. The molecule has 174 valence electrons. The zero-order valence-corrected chi connectivity index (χ0v) is 19.5. The number of nitro groups is 1. The SMILES string of the molecule is Cc1ccc(N2C(=O)[C@@H](Cc3cccc([N+](=O)[O-])c3)S/C2=C(/C#N)C(=O)Nc2ccccc2)cc1. The number of hydrogen-bond acceptors (Lipinski definition) is 6. The van der Waals surface area contributed by atoms with Crippen LogP contribution in [0.25, 0.3) is 0 Å². The number of thioether (sulfide) groups is 1. The van der Waals surface area contributed by atoms with Crippen molar-refractivity contribution >= 4 is 40.6 Å². The van der Waals surface area contributed by atoms with E-state index in [9.17, 15) is 25.0 Å². The summed E-state index contributed by atoms with van der Waals surface area (Å²) in [7, 11) is 0. The zero-order valence-electron chi connectivity index (χ0n) is 18.7. The van der Waals surface area contributed by atoms with Gasteiger partial charge < -0.3 is 5.32 Å². The fraction of sp³-hybridized carbons (Fsp3) is 0.115. The van der Waals surface area contributed by atoms with Gasteiger partial charge in [-0.25, -0.2) is 0 Å². The molecule has 1 saturated heterocycles. The molecular weight excluding hydrogens is 464 g/mol. The van der Waals surface area contributed by atoms with Crippen molar-refractivity contribution in [2.75, 3.05) is 10.2 Å². The Kier molecular flexibility index (Phi) is 6.94. The van der Waals surface area contributed by atoms with Gasteiger partial charge in [0, 0.05) is 23.5 Å². The lowest BCUT2D eigenvalue weighted by Crippen LogP contribution is -2.30. The molecule has 3 aromatic rings. The summed E-state index contributed by atoms with van der Waals surface area (Å²) >= 11 is 1.11. The van der Waals surface area contributed by atoms with Crippen LogP contribution in [0.15, 0.2) is 89.5 Å². The monoisotopic (exact) mass is 484 g/mol. The number of nitrogens with zero attached hydrogens (tertiary/aromatic N) is 3. The molecule has 1 N–H and O–H groups in total. The van der Waals surface area contributed by atoms with Crippen molar-refractivity contribution in [2.45, 2.75) is 18.6 Å². The van der Waals surface area contributed by atoms with E-state index in [1.54, 1.807) is 48.5 Å². The summed E-state index contributed by atoms with van der Waals surface area (Å²) in [5, 5.41) is 23.3. The zero-order chi connectivity index (χ0) is 24.9. The average molecular weight is 485 g/mol. The highest BCUT2D eigenvalue weighted by atomic mass is 32.2. The van der Waals surface area contributed by atoms with Crippen molar-refractivity contribution < 1.29 is 14.5 Å². The summed E-state index contributed by atoms with van der Waals surface area (Å²) in [4.78, 5) is 38.6. The van der Waals surface area contributed by atoms with Gasteiger partial charge in [0.25, 0.3) is 11.6 Å². The van der Waals surface area contributed by atoms with Crippen LogP contribution >= 0.6 is 11.8 Å². The molecule has 1 atom stereocenters. The van der Waals surface area contributed by atoms with Crippen molar-refractivity contribution in [3.63, 3.8) is 0 Å². The van der Waals surface area contributed by atoms with E-state index in [4.69, 9.17) is 0 Å². The quantitative estimate of drug-likeness (QED) is 0.229. The van der Waals surface area contributed by atoms with Crippen LogP contribution in [0.5, 0.6) is 0 Å². The van der Waals surface area contributed by atoms with Crippen LogP contribution < -0.4 is 10.2 Å². The maximum Gasteiger partial charge on any atom is 0.269 e. The van der Waals surface area contributed by atoms with E-state index in [0.29, 0.717) is 16.9 Å². The number of para-hydroxylation sites is 1. The fourth-order valence-electron chi connectivity index (χ4n) is 3.64. The van der Waals surface area contributed by atoms with Gasteiger partial charge >= 0.3 is 0 Å². The Morgan fingerprint density at radius 3 is 2.49 bits per heavy atom. The topological polar surface area (TPSA) is 116 Å². The van der Waals surface area contributed by atoms with Crippen LogP contribution in [0, 0.1) is 28.4 Å². The molecular formula is C26H20N4O4S. The first-order valence-electron chi connectivity index (χ1n) is 10.7. The maximum absolute atomic E-state index is 13.5. The van der Waals surface area contributed by atoms with E-state index in [2.05, 4.69) is 5.32 Å². The van der Waals surface area contributed by atoms with Gasteiger partial charge in [-0.05, 0) is 43.2 Å². The van der Waals surface area contributed by atoms with E-state index in [1.807, 2.05) is 31.2 Å². The number of rotatable bonds is 6. The summed E-state index contributed by atoms with van der Waals surface area (Å²) in [6, 6.07) is 24.0. The third kappa shape index (κ3) is 5.23. The third-order valence-corrected chi connectivity index (χ3v) is 6.63. The third-order valence-electron chi connectivity index (χ3n) is 5.37. The summed E-state index contributed by atoms with van der Waals surface area (Å²) in [5.41, 5.74) is 2.41. The lowest BCUT2D eigenvalue weighted by molar-refractivity contribution is -0.384. The van der Waals surface area contributed by atoms with Crippen LogP contribution in [0.4, 0.5) is 17.1 Å². The largest absolute Gasteiger partial charge is 0.321 e. The molecule has 0 aromatic heterocycles. The van der Waals surface area contributed by atoms with Crippen LogP contribution in [0.2, 0.25) is 0 Å². The Morgan fingerprint density at radius 1 is 1.11 bits per heavy atom. The molecule has 0 radical (unpaired) electrons. The average Bonchev–Trinajstić information content (AvgIpc) is 3.16. The highest BCUT2D eigenvalue weighted by Gasteiger charge is 2.41. The maximum atomic E-state index is 13.5. The Balaban J connectivity index is 1.72. The van der Waals surface area contributed by atoms with E-state index in [0.717, 1.165) is 17.3 Å². The van der Waals surface area contributed by atoms with Gasteiger partial charge in [0.15, 0.2) is 0 Å². The van der Waals surface area contributed by atoms with Gasteiger partial charge in [0.2, 0.25) is 5.91 Å². The minimum absolute atomic E-state index is 0.0657. The second kappa shape index (κ2) is 10.2. The lowest BCUT2D eigenvalue weighted by Gasteiger charge is -2.19. The van der Waals surface area contributed by atoms with Crippen molar-refractivity contribution in [2.24, 2.45) is 0 Å². The molecule has 4 rings (SSSR count). The van der Waals surface area contributed by atoms with Crippen molar-refractivity contribution in [3.05, 3.63) is 111 Å². The molecule has 2 amide bonds. The number of benzene rings is 3. The van der Waals surface area contributed by atoms with E-state index in [-0.39, 0.29) is 28.6 Å². The number of amides is 2. The Morgan fingerprint density at radius 2 is 1.83 bits per heavy atom. The molecule has 1 fully saturated rings. The van der Waals surface area contributed by atoms with Crippen LogP contribution in [-0.2, 0) is 16.0 Å². The first-order chi connectivity index (χ1) is 16.9. The number of aryl methyl sites for hydroxylation is 1. The first kappa shape index (κ1) is 23.7. The van der Waals surface area contributed by atoms with Crippen molar-refractivity contribution in [3.8, 4) is 6.07 Å². The lowest BCUT2D eigenvalue weighted by atomic mass is 10.1.